The van der Waals surface area contributed by atoms with Gasteiger partial charge in [-0.05, 0) is 61.5 Å². The highest BCUT2D eigenvalue weighted by atomic mass is 79.9. The molecule has 1 atom stereocenters. The van der Waals surface area contributed by atoms with Gasteiger partial charge in [-0.15, -0.1) is 0 Å². The molecule has 0 bridgehead atoms. The molecule has 1 unspecified atom stereocenters. The van der Waals surface area contributed by atoms with E-state index in [0.717, 1.165) is 8.95 Å². The molecular weight excluding hydrogens is 564 g/mol. The topological polar surface area (TPSA) is 77.0 Å². The van der Waals surface area contributed by atoms with Gasteiger partial charge in [0.05, 0.1) is 16.8 Å². The van der Waals surface area contributed by atoms with Crippen LogP contribution < -0.4 is 14.9 Å². The summed E-state index contributed by atoms with van der Waals surface area (Å²) >= 11 is 12.8. The number of amides is 1. The maximum Gasteiger partial charge on any atom is 0.345 e. The summed E-state index contributed by atoms with van der Waals surface area (Å²) in [4.78, 5) is 24.8. The predicted molar refractivity (Wildman–Crippen MR) is 131 cm³/mol. The van der Waals surface area contributed by atoms with Gasteiger partial charge in [-0.2, -0.15) is 5.10 Å². The number of esters is 1. The molecule has 0 fully saturated rings. The zero-order chi connectivity index (χ0) is 23.1. The molecule has 0 radical (unpaired) electrons. The summed E-state index contributed by atoms with van der Waals surface area (Å²) < 4.78 is 12.7. The minimum absolute atomic E-state index is 0.243. The first-order valence-corrected chi connectivity index (χ1v) is 11.3. The number of rotatable bonds is 7. The minimum atomic E-state index is -0.770. The van der Waals surface area contributed by atoms with Crippen LogP contribution in [0.3, 0.4) is 0 Å². The molecule has 0 aromatic heterocycles. The summed E-state index contributed by atoms with van der Waals surface area (Å²) in [5.41, 5.74) is 3.14. The molecule has 1 N–H and O–H groups in total. The first kappa shape index (κ1) is 24.0. The molecule has 6 nitrogen and oxygen atoms in total. The Morgan fingerprint density at radius 3 is 2.44 bits per heavy atom. The van der Waals surface area contributed by atoms with E-state index in [4.69, 9.17) is 21.1 Å². The molecule has 1 amide bonds. The van der Waals surface area contributed by atoms with E-state index in [2.05, 4.69) is 42.4 Å². The number of carbonyl (C=O) groups is 2. The summed E-state index contributed by atoms with van der Waals surface area (Å²) in [5, 5.41) is 4.26. The van der Waals surface area contributed by atoms with E-state index in [1.54, 1.807) is 61.5 Å². The third-order valence-corrected chi connectivity index (χ3v) is 5.49. The van der Waals surface area contributed by atoms with Gasteiger partial charge in [0.2, 0.25) is 0 Å². The number of hydrazone groups is 1. The Bertz CT molecular complexity index is 1150. The van der Waals surface area contributed by atoms with Crippen molar-refractivity contribution in [2.24, 2.45) is 5.10 Å². The molecule has 3 rings (SSSR count). The van der Waals surface area contributed by atoms with Gasteiger partial charge in [0, 0.05) is 14.5 Å². The number of hydrogen-bond donors (Lipinski definition) is 1. The van der Waals surface area contributed by atoms with Crippen LogP contribution in [0, 0.1) is 0 Å². The van der Waals surface area contributed by atoms with E-state index < -0.39 is 18.0 Å². The molecule has 0 spiro atoms. The highest BCUT2D eigenvalue weighted by Gasteiger charge is 2.16. The Balaban J connectivity index is 1.66. The molecular formula is C23H17Br2ClN2O4. The smallest absolute Gasteiger partial charge is 0.345 e. The van der Waals surface area contributed by atoms with Crippen molar-refractivity contribution in [3.63, 3.8) is 0 Å². The maximum atomic E-state index is 12.5. The fourth-order valence-corrected chi connectivity index (χ4v) is 3.38. The highest BCUT2D eigenvalue weighted by molar-refractivity contribution is 9.10. The van der Waals surface area contributed by atoms with E-state index in [1.807, 2.05) is 12.1 Å². The fraction of sp³-hybridized carbons (Fsp3) is 0.0870. The molecule has 0 aliphatic heterocycles. The van der Waals surface area contributed by atoms with Crippen LogP contribution in [-0.2, 0) is 4.79 Å². The van der Waals surface area contributed by atoms with Crippen LogP contribution in [0.15, 0.2) is 80.8 Å². The normalized spacial score (nSPS) is 11.8. The van der Waals surface area contributed by atoms with Gasteiger partial charge in [0.1, 0.15) is 11.5 Å². The van der Waals surface area contributed by atoms with Crippen LogP contribution >= 0.6 is 43.5 Å². The van der Waals surface area contributed by atoms with Crippen molar-refractivity contribution < 1.29 is 19.1 Å². The highest BCUT2D eigenvalue weighted by Crippen LogP contribution is 2.24. The van der Waals surface area contributed by atoms with Crippen LogP contribution in [0.5, 0.6) is 11.5 Å². The van der Waals surface area contributed by atoms with Crippen LogP contribution in [0.2, 0.25) is 5.02 Å². The molecule has 0 heterocycles. The van der Waals surface area contributed by atoms with Gasteiger partial charge in [-0.1, -0.05) is 55.6 Å². The Morgan fingerprint density at radius 1 is 1.03 bits per heavy atom. The second kappa shape index (κ2) is 11.3. The second-order valence-corrected chi connectivity index (χ2v) is 8.74. The first-order valence-electron chi connectivity index (χ1n) is 9.35. The van der Waals surface area contributed by atoms with Gasteiger partial charge < -0.3 is 9.47 Å². The summed E-state index contributed by atoms with van der Waals surface area (Å²) in [6.07, 6.45) is 0.609. The number of carbonyl (C=O) groups excluding carboxylic acids is 2. The average Bonchev–Trinajstić information content (AvgIpc) is 2.77. The van der Waals surface area contributed by atoms with E-state index in [-0.39, 0.29) is 16.3 Å². The summed E-state index contributed by atoms with van der Waals surface area (Å²) in [6, 6.07) is 18.8. The van der Waals surface area contributed by atoms with Gasteiger partial charge in [-0.25, -0.2) is 10.2 Å². The van der Waals surface area contributed by atoms with Crippen molar-refractivity contribution in [3.8, 4) is 11.5 Å². The first-order chi connectivity index (χ1) is 15.3. The van der Waals surface area contributed by atoms with E-state index >= 15 is 0 Å². The van der Waals surface area contributed by atoms with Crippen LogP contribution in [0.25, 0.3) is 0 Å². The average molecular weight is 581 g/mol. The fourth-order valence-electron chi connectivity index (χ4n) is 2.52. The predicted octanol–water partition coefficient (Wildman–Crippen LogP) is 6.00. The number of hydrogen-bond acceptors (Lipinski definition) is 5. The SMILES string of the molecule is CC(Oc1ccc(Br)cc1)C(=O)N/N=C/c1cc(Br)ccc1OC(=O)c1ccccc1Cl. The zero-order valence-corrected chi connectivity index (χ0v) is 20.6. The van der Waals surface area contributed by atoms with Crippen LogP contribution in [0.1, 0.15) is 22.8 Å². The number of halogens is 3. The summed E-state index contributed by atoms with van der Waals surface area (Å²) in [7, 11) is 0. The molecule has 0 saturated carbocycles. The number of nitrogens with zero attached hydrogens (tertiary/aromatic N) is 1. The number of benzene rings is 3. The lowest BCUT2D eigenvalue weighted by Crippen LogP contribution is -2.33. The van der Waals surface area contributed by atoms with Crippen molar-refractivity contribution in [2.45, 2.75) is 13.0 Å². The molecule has 3 aromatic carbocycles. The number of ether oxygens (including phenoxy) is 2. The molecule has 0 aliphatic carbocycles. The maximum absolute atomic E-state index is 12.5. The van der Waals surface area contributed by atoms with Crippen molar-refractivity contribution in [2.75, 3.05) is 0 Å². The third-order valence-electron chi connectivity index (χ3n) is 4.14. The lowest BCUT2D eigenvalue weighted by molar-refractivity contribution is -0.127. The quantitative estimate of drug-likeness (QED) is 0.161. The summed E-state index contributed by atoms with van der Waals surface area (Å²) in [5.74, 6) is -0.224. The van der Waals surface area contributed by atoms with Crippen molar-refractivity contribution >= 4 is 61.6 Å². The van der Waals surface area contributed by atoms with Crippen LogP contribution in [-0.4, -0.2) is 24.2 Å². The van der Waals surface area contributed by atoms with Gasteiger partial charge in [-0.3, -0.25) is 4.79 Å². The van der Waals surface area contributed by atoms with Gasteiger partial charge >= 0.3 is 5.97 Å². The van der Waals surface area contributed by atoms with Gasteiger partial charge in [0.15, 0.2) is 6.10 Å². The van der Waals surface area contributed by atoms with Crippen LogP contribution in [0.4, 0.5) is 0 Å². The lowest BCUT2D eigenvalue weighted by Gasteiger charge is -2.13. The van der Waals surface area contributed by atoms with E-state index in [1.165, 1.54) is 6.21 Å². The molecule has 3 aromatic rings. The molecule has 0 saturated heterocycles. The van der Waals surface area contributed by atoms with Crippen molar-refractivity contribution in [1.82, 2.24) is 5.43 Å². The van der Waals surface area contributed by atoms with Crippen molar-refractivity contribution in [1.29, 1.82) is 0 Å². The largest absolute Gasteiger partial charge is 0.481 e. The lowest BCUT2D eigenvalue weighted by atomic mass is 10.2. The Morgan fingerprint density at radius 2 is 1.72 bits per heavy atom. The Labute approximate surface area is 206 Å². The molecule has 164 valence electrons. The zero-order valence-electron chi connectivity index (χ0n) is 16.7. The molecule has 32 heavy (non-hydrogen) atoms. The van der Waals surface area contributed by atoms with Gasteiger partial charge in [0.25, 0.3) is 5.91 Å². The summed E-state index contributed by atoms with van der Waals surface area (Å²) in [6.45, 7) is 1.61. The minimum Gasteiger partial charge on any atom is -0.481 e. The van der Waals surface area contributed by atoms with E-state index in [0.29, 0.717) is 11.3 Å². The van der Waals surface area contributed by atoms with E-state index in [9.17, 15) is 9.59 Å². The monoisotopic (exact) mass is 578 g/mol. The van der Waals surface area contributed by atoms with Crippen molar-refractivity contribution in [3.05, 3.63) is 91.8 Å². The third kappa shape index (κ3) is 6.66. The Hall–Kier alpha value is -2.68. The standard InChI is InChI=1S/C23H17Br2ClN2O4/c1-14(31-18-9-6-16(24)7-10-18)22(29)28-27-13-15-12-17(25)8-11-21(15)32-23(30)19-4-2-3-5-20(19)26/h2-14H,1H3,(H,28,29)/b27-13+. The second-order valence-electron chi connectivity index (χ2n) is 6.50. The number of nitrogens with one attached hydrogen (secondary N) is 1. The Kier molecular flexibility index (Phi) is 8.44. The molecule has 9 heteroatoms. The molecule has 0 aliphatic rings.